The highest BCUT2D eigenvalue weighted by atomic mass is 79.9. The maximum atomic E-state index is 5.18. The van der Waals surface area contributed by atoms with Gasteiger partial charge in [0.25, 0.3) is 0 Å². The minimum Gasteiger partial charge on any atom is -0.360 e. The highest BCUT2D eigenvalue weighted by molar-refractivity contribution is 9.10. The molecule has 0 radical (unpaired) electrons. The Labute approximate surface area is 105 Å². The van der Waals surface area contributed by atoms with Gasteiger partial charge in [-0.2, -0.15) is 0 Å². The van der Waals surface area contributed by atoms with Gasteiger partial charge in [0, 0.05) is 16.2 Å². The van der Waals surface area contributed by atoms with Gasteiger partial charge in [0.1, 0.15) is 0 Å². The maximum Gasteiger partial charge on any atom is 0.170 e. The van der Waals surface area contributed by atoms with Crippen LogP contribution < -0.4 is 10.6 Å². The van der Waals surface area contributed by atoms with Gasteiger partial charge in [0.05, 0.1) is 0 Å². The molecule has 15 heavy (non-hydrogen) atoms. The number of thiocarbonyl (C=S) groups is 1. The molecule has 0 amide bonds. The number of nitrogens with one attached hydrogen (secondary N) is 2. The monoisotopic (exact) mass is 286 g/mol. The van der Waals surface area contributed by atoms with Gasteiger partial charge in [-0.05, 0) is 43.8 Å². The minimum atomic E-state index is 0.400. The van der Waals surface area contributed by atoms with Crippen LogP contribution in [-0.2, 0) is 0 Å². The smallest absolute Gasteiger partial charge is 0.170 e. The summed E-state index contributed by atoms with van der Waals surface area (Å²) in [5.74, 6) is 0. The summed E-state index contributed by atoms with van der Waals surface area (Å²) in [5, 5.41) is 7.01. The normalized spacial score (nSPS) is 11.9. The lowest BCUT2D eigenvalue weighted by Gasteiger charge is -2.15. The molecule has 1 atom stereocenters. The molecule has 0 aliphatic carbocycles. The second-order valence-corrected chi connectivity index (χ2v) is 4.74. The van der Waals surface area contributed by atoms with Gasteiger partial charge in [-0.25, -0.2) is 0 Å². The number of anilines is 1. The van der Waals surface area contributed by atoms with Crippen LogP contribution >= 0.6 is 28.1 Å². The van der Waals surface area contributed by atoms with Crippen LogP contribution in [-0.4, -0.2) is 11.2 Å². The summed E-state index contributed by atoms with van der Waals surface area (Å²) in [4.78, 5) is 0. The molecular weight excluding hydrogens is 272 g/mol. The first-order valence-corrected chi connectivity index (χ1v) is 6.15. The van der Waals surface area contributed by atoms with E-state index in [-0.39, 0.29) is 0 Å². The van der Waals surface area contributed by atoms with E-state index in [9.17, 15) is 0 Å². The van der Waals surface area contributed by atoms with E-state index in [4.69, 9.17) is 12.2 Å². The molecule has 82 valence electrons. The lowest BCUT2D eigenvalue weighted by atomic mass is 10.3. The molecule has 1 aromatic carbocycles. The Morgan fingerprint density at radius 1 is 1.53 bits per heavy atom. The summed E-state index contributed by atoms with van der Waals surface area (Å²) in [7, 11) is 0. The Morgan fingerprint density at radius 3 is 2.87 bits per heavy atom. The van der Waals surface area contributed by atoms with Crippen LogP contribution in [0.1, 0.15) is 20.3 Å². The molecule has 0 bridgehead atoms. The van der Waals surface area contributed by atoms with Crippen molar-refractivity contribution in [3.8, 4) is 0 Å². The van der Waals surface area contributed by atoms with Crippen LogP contribution in [0.4, 0.5) is 5.69 Å². The maximum absolute atomic E-state index is 5.18. The van der Waals surface area contributed by atoms with Crippen molar-refractivity contribution < 1.29 is 0 Å². The second-order valence-electron chi connectivity index (χ2n) is 3.42. The van der Waals surface area contributed by atoms with Crippen molar-refractivity contribution in [2.75, 3.05) is 5.32 Å². The topological polar surface area (TPSA) is 24.1 Å². The molecule has 0 saturated heterocycles. The van der Waals surface area contributed by atoms with Crippen molar-refractivity contribution in [2.24, 2.45) is 0 Å². The number of hydrogen-bond donors (Lipinski definition) is 2. The summed E-state index contributed by atoms with van der Waals surface area (Å²) in [6, 6.07) is 8.33. The largest absolute Gasteiger partial charge is 0.360 e. The van der Waals surface area contributed by atoms with E-state index in [1.165, 1.54) is 0 Å². The van der Waals surface area contributed by atoms with Crippen LogP contribution in [0.25, 0.3) is 0 Å². The van der Waals surface area contributed by atoms with Crippen LogP contribution in [0, 0.1) is 0 Å². The van der Waals surface area contributed by atoms with Crippen molar-refractivity contribution in [3.05, 3.63) is 28.7 Å². The molecule has 0 aliphatic rings. The number of rotatable bonds is 3. The van der Waals surface area contributed by atoms with Crippen molar-refractivity contribution in [1.82, 2.24) is 5.32 Å². The lowest BCUT2D eigenvalue weighted by molar-refractivity contribution is 0.646. The van der Waals surface area contributed by atoms with Crippen LogP contribution in [0.2, 0.25) is 0 Å². The van der Waals surface area contributed by atoms with E-state index in [1.807, 2.05) is 24.3 Å². The molecule has 0 spiro atoms. The average molecular weight is 287 g/mol. The number of halogens is 1. The molecule has 0 heterocycles. The zero-order valence-electron chi connectivity index (χ0n) is 8.88. The SMILES string of the molecule is CCC(C)NC(=S)Nc1cccc(Br)c1. The molecular formula is C11H15BrN2S. The Bertz CT molecular complexity index is 341. The lowest BCUT2D eigenvalue weighted by Crippen LogP contribution is -2.35. The molecule has 0 fully saturated rings. The van der Waals surface area contributed by atoms with Crippen molar-refractivity contribution in [3.63, 3.8) is 0 Å². The van der Waals surface area contributed by atoms with Crippen molar-refractivity contribution >= 4 is 38.9 Å². The fourth-order valence-electron chi connectivity index (χ4n) is 1.06. The minimum absolute atomic E-state index is 0.400. The van der Waals surface area contributed by atoms with E-state index in [2.05, 4.69) is 40.4 Å². The van der Waals surface area contributed by atoms with E-state index in [0.29, 0.717) is 11.2 Å². The Balaban J connectivity index is 2.51. The average Bonchev–Trinajstić information content (AvgIpc) is 2.17. The third kappa shape index (κ3) is 4.62. The molecule has 2 N–H and O–H groups in total. The van der Waals surface area contributed by atoms with Gasteiger partial charge in [0.2, 0.25) is 0 Å². The van der Waals surface area contributed by atoms with Crippen LogP contribution in [0.3, 0.4) is 0 Å². The molecule has 0 aliphatic heterocycles. The molecule has 2 nitrogen and oxygen atoms in total. The summed E-state index contributed by atoms with van der Waals surface area (Å²) < 4.78 is 1.04. The molecule has 0 saturated carbocycles. The Morgan fingerprint density at radius 2 is 2.27 bits per heavy atom. The van der Waals surface area contributed by atoms with Crippen LogP contribution in [0.5, 0.6) is 0 Å². The summed E-state index contributed by atoms with van der Waals surface area (Å²) in [6.45, 7) is 4.23. The number of hydrogen-bond acceptors (Lipinski definition) is 1. The predicted molar refractivity (Wildman–Crippen MR) is 73.3 cm³/mol. The van der Waals surface area contributed by atoms with Gasteiger partial charge < -0.3 is 10.6 Å². The summed E-state index contributed by atoms with van der Waals surface area (Å²) in [5.41, 5.74) is 0.991. The van der Waals surface area contributed by atoms with E-state index in [1.54, 1.807) is 0 Å². The van der Waals surface area contributed by atoms with Gasteiger partial charge >= 0.3 is 0 Å². The third-order valence-electron chi connectivity index (χ3n) is 2.07. The molecule has 1 rings (SSSR count). The summed E-state index contributed by atoms with van der Waals surface area (Å²) >= 11 is 8.60. The molecule has 1 aromatic rings. The van der Waals surface area contributed by atoms with Crippen molar-refractivity contribution in [1.29, 1.82) is 0 Å². The van der Waals surface area contributed by atoms with Gasteiger partial charge in [0.15, 0.2) is 5.11 Å². The highest BCUT2D eigenvalue weighted by Crippen LogP contribution is 2.15. The van der Waals surface area contributed by atoms with Gasteiger partial charge in [-0.1, -0.05) is 28.9 Å². The molecule has 4 heteroatoms. The zero-order valence-corrected chi connectivity index (χ0v) is 11.3. The zero-order chi connectivity index (χ0) is 11.3. The Hall–Kier alpha value is -0.610. The van der Waals surface area contributed by atoms with Gasteiger partial charge in [-0.3, -0.25) is 0 Å². The molecule has 1 unspecified atom stereocenters. The fraction of sp³-hybridized carbons (Fsp3) is 0.364. The standard InChI is InChI=1S/C11H15BrN2S/c1-3-8(2)13-11(15)14-10-6-4-5-9(12)7-10/h4-8H,3H2,1-2H3,(H2,13,14,15). The third-order valence-corrected chi connectivity index (χ3v) is 2.79. The van der Waals surface area contributed by atoms with E-state index >= 15 is 0 Å². The summed E-state index contributed by atoms with van der Waals surface area (Å²) in [6.07, 6.45) is 1.06. The van der Waals surface area contributed by atoms with Gasteiger partial charge in [-0.15, -0.1) is 0 Å². The molecule has 0 aromatic heterocycles. The first-order chi connectivity index (χ1) is 7.11. The predicted octanol–water partition coefficient (Wildman–Crippen LogP) is 3.53. The second kappa shape index (κ2) is 6.08. The first-order valence-electron chi connectivity index (χ1n) is 4.95. The Kier molecular flexibility index (Phi) is 5.05. The first kappa shape index (κ1) is 12.5. The van der Waals surface area contributed by atoms with E-state index < -0.39 is 0 Å². The van der Waals surface area contributed by atoms with Crippen LogP contribution in [0.15, 0.2) is 28.7 Å². The quantitative estimate of drug-likeness (QED) is 0.832. The fourth-order valence-corrected chi connectivity index (χ4v) is 1.78. The highest BCUT2D eigenvalue weighted by Gasteiger charge is 2.01. The number of benzene rings is 1. The van der Waals surface area contributed by atoms with E-state index in [0.717, 1.165) is 16.6 Å². The van der Waals surface area contributed by atoms with Crippen molar-refractivity contribution in [2.45, 2.75) is 26.3 Å².